The summed E-state index contributed by atoms with van der Waals surface area (Å²) in [5.74, 6) is -0.589. The molecule has 1 N–H and O–H groups in total. The number of nitrogens with zero attached hydrogens (tertiary/aromatic N) is 2. The molecule has 3 atom stereocenters. The lowest BCUT2D eigenvalue weighted by molar-refractivity contribution is -0.384. The van der Waals surface area contributed by atoms with Crippen LogP contribution >= 0.6 is 11.8 Å². The first-order valence-electron chi connectivity index (χ1n) is 8.62. The van der Waals surface area contributed by atoms with E-state index in [-0.39, 0.29) is 29.9 Å². The van der Waals surface area contributed by atoms with Gasteiger partial charge in [-0.25, -0.2) is 4.79 Å². The lowest BCUT2D eigenvalue weighted by Gasteiger charge is -2.44. The topological polar surface area (TPSA) is 110 Å². The van der Waals surface area contributed by atoms with Crippen LogP contribution in [-0.2, 0) is 20.9 Å². The fourth-order valence-electron chi connectivity index (χ4n) is 3.45. The number of rotatable bonds is 7. The van der Waals surface area contributed by atoms with Gasteiger partial charge in [-0.3, -0.25) is 14.9 Å². The van der Waals surface area contributed by atoms with Crippen molar-refractivity contribution in [2.24, 2.45) is 5.92 Å². The van der Waals surface area contributed by atoms with Crippen LogP contribution in [0.3, 0.4) is 0 Å². The molecule has 1 amide bonds. The van der Waals surface area contributed by atoms with E-state index in [0.29, 0.717) is 12.0 Å². The molecule has 0 radical (unpaired) electrons. The van der Waals surface area contributed by atoms with E-state index in [1.54, 1.807) is 6.92 Å². The summed E-state index contributed by atoms with van der Waals surface area (Å²) in [7, 11) is 0. The van der Waals surface area contributed by atoms with E-state index < -0.39 is 22.9 Å². The third-order valence-corrected chi connectivity index (χ3v) is 5.71. The van der Waals surface area contributed by atoms with Gasteiger partial charge in [0.1, 0.15) is 12.3 Å². The summed E-state index contributed by atoms with van der Waals surface area (Å²) in [6.45, 7) is 3.50. The fourth-order valence-corrected chi connectivity index (χ4v) is 4.41. The highest BCUT2D eigenvalue weighted by molar-refractivity contribution is 8.03. The van der Waals surface area contributed by atoms with Crippen molar-refractivity contribution in [2.75, 3.05) is 5.75 Å². The number of carbonyl (C=O) groups excluding carboxylic acids is 2. The molecule has 0 aliphatic carbocycles. The van der Waals surface area contributed by atoms with E-state index in [9.17, 15) is 24.8 Å². The first kappa shape index (κ1) is 19.4. The van der Waals surface area contributed by atoms with Crippen LogP contribution in [0.25, 0.3) is 0 Å². The number of esters is 1. The molecule has 0 aromatic heterocycles. The number of nitro groups is 1. The normalized spacial score (nSPS) is 22.3. The Kier molecular flexibility index (Phi) is 5.52. The molecule has 8 nitrogen and oxygen atoms in total. The zero-order valence-electron chi connectivity index (χ0n) is 15.0. The largest absolute Gasteiger partial charge is 0.456 e. The Hall–Kier alpha value is -2.39. The van der Waals surface area contributed by atoms with Gasteiger partial charge >= 0.3 is 5.97 Å². The summed E-state index contributed by atoms with van der Waals surface area (Å²) in [6.07, 6.45) is -0.219. The molecule has 2 heterocycles. The number of hydrogen-bond donors (Lipinski definition) is 1. The minimum atomic E-state index is -0.762. The number of aliphatic hydroxyl groups excluding tert-OH is 1. The molecule has 144 valence electrons. The first-order valence-corrected chi connectivity index (χ1v) is 9.61. The van der Waals surface area contributed by atoms with Gasteiger partial charge in [0.05, 0.1) is 23.0 Å². The van der Waals surface area contributed by atoms with Crippen LogP contribution in [0.15, 0.2) is 34.9 Å². The predicted molar refractivity (Wildman–Crippen MR) is 98.5 cm³/mol. The molecule has 0 bridgehead atoms. The van der Waals surface area contributed by atoms with Crippen molar-refractivity contribution in [1.82, 2.24) is 4.90 Å². The van der Waals surface area contributed by atoms with E-state index in [4.69, 9.17) is 4.74 Å². The van der Waals surface area contributed by atoms with E-state index >= 15 is 0 Å². The number of thioether (sulfide) groups is 1. The average molecular weight is 392 g/mol. The zero-order valence-corrected chi connectivity index (χ0v) is 15.8. The maximum absolute atomic E-state index is 12.6. The Balaban J connectivity index is 1.71. The molecule has 1 aromatic carbocycles. The number of aliphatic hydroxyl groups is 1. The summed E-state index contributed by atoms with van der Waals surface area (Å²) in [5, 5.41) is 20.5. The Morgan fingerprint density at radius 3 is 2.67 bits per heavy atom. The van der Waals surface area contributed by atoms with Gasteiger partial charge in [-0.05, 0) is 30.4 Å². The second-order valence-electron chi connectivity index (χ2n) is 6.45. The van der Waals surface area contributed by atoms with Crippen molar-refractivity contribution >= 4 is 29.3 Å². The van der Waals surface area contributed by atoms with Crippen LogP contribution < -0.4 is 0 Å². The number of nitro benzene ring substituents is 1. The van der Waals surface area contributed by atoms with Crippen molar-refractivity contribution in [1.29, 1.82) is 0 Å². The van der Waals surface area contributed by atoms with E-state index in [1.807, 2.05) is 6.92 Å². The highest BCUT2D eigenvalue weighted by Gasteiger charge is 2.56. The number of hydrogen-bond acceptors (Lipinski definition) is 7. The number of benzene rings is 1. The summed E-state index contributed by atoms with van der Waals surface area (Å²) < 4.78 is 5.35. The van der Waals surface area contributed by atoms with E-state index in [0.717, 1.165) is 10.7 Å². The lowest BCUT2D eigenvalue weighted by atomic mass is 9.83. The fraction of sp³-hybridized carbons (Fsp3) is 0.444. The van der Waals surface area contributed by atoms with Crippen molar-refractivity contribution in [3.05, 3.63) is 50.5 Å². The molecule has 1 aromatic rings. The van der Waals surface area contributed by atoms with Gasteiger partial charge < -0.3 is 14.7 Å². The number of β-lactam (4-membered cyclic amide) rings is 1. The van der Waals surface area contributed by atoms with Crippen LogP contribution in [0.5, 0.6) is 0 Å². The van der Waals surface area contributed by atoms with Crippen molar-refractivity contribution in [2.45, 2.75) is 39.0 Å². The van der Waals surface area contributed by atoms with Crippen molar-refractivity contribution < 1.29 is 24.4 Å². The molecule has 3 rings (SSSR count). The monoisotopic (exact) mass is 392 g/mol. The minimum absolute atomic E-state index is 0.0385. The van der Waals surface area contributed by atoms with Gasteiger partial charge in [0.25, 0.3) is 5.69 Å². The molecule has 1 fully saturated rings. The molecule has 0 unspecified atom stereocenters. The van der Waals surface area contributed by atoms with Crippen LogP contribution in [0.1, 0.15) is 25.8 Å². The third kappa shape index (κ3) is 3.57. The summed E-state index contributed by atoms with van der Waals surface area (Å²) in [6, 6.07) is 5.54. The van der Waals surface area contributed by atoms with Crippen molar-refractivity contribution in [3.63, 3.8) is 0 Å². The molecule has 0 spiro atoms. The standard InChI is InChI=1S/C18H20N2O6S/c1-3-27-14-8-13-15(10(2)21)17(22)19(13)16(14)18(23)26-9-11-4-6-12(7-5-11)20(24)25/h4-7,10,13,15,21H,3,8-9H2,1-2H3/t10-,13+,15+/m0/s1. The van der Waals surface area contributed by atoms with Gasteiger partial charge in [-0.1, -0.05) is 6.92 Å². The first-order chi connectivity index (χ1) is 12.8. The van der Waals surface area contributed by atoms with Crippen LogP contribution in [0.4, 0.5) is 5.69 Å². The summed E-state index contributed by atoms with van der Waals surface area (Å²) in [4.78, 5) is 37.4. The minimum Gasteiger partial charge on any atom is -0.456 e. The SMILES string of the molecule is CCSC1=C(C(=O)OCc2ccc([N+](=O)[O-])cc2)N2C(=O)[C@H]([C@H](C)O)[C@H]2C1. The Bertz CT molecular complexity index is 805. The number of amides is 1. The third-order valence-electron chi connectivity index (χ3n) is 4.72. The summed E-state index contributed by atoms with van der Waals surface area (Å²) in [5.41, 5.74) is 0.838. The molecule has 2 aliphatic heterocycles. The van der Waals surface area contributed by atoms with Gasteiger partial charge in [-0.2, -0.15) is 0 Å². The van der Waals surface area contributed by atoms with Crippen LogP contribution in [0.2, 0.25) is 0 Å². The van der Waals surface area contributed by atoms with Crippen LogP contribution in [0, 0.1) is 16.0 Å². The quantitative estimate of drug-likeness (QED) is 0.328. The molecule has 27 heavy (non-hydrogen) atoms. The van der Waals surface area contributed by atoms with Gasteiger partial charge in [0, 0.05) is 23.5 Å². The molecular weight excluding hydrogens is 372 g/mol. The number of ether oxygens (including phenoxy) is 1. The number of fused-ring (bicyclic) bond motifs is 1. The molecule has 0 saturated carbocycles. The smallest absolute Gasteiger partial charge is 0.356 e. The zero-order chi connectivity index (χ0) is 19.7. The highest BCUT2D eigenvalue weighted by atomic mass is 32.2. The molecule has 9 heteroatoms. The lowest BCUT2D eigenvalue weighted by Crippen LogP contribution is -2.61. The molecule has 2 aliphatic rings. The maximum Gasteiger partial charge on any atom is 0.356 e. The Labute approximate surface area is 160 Å². The number of carbonyl (C=O) groups is 2. The van der Waals surface area contributed by atoms with Gasteiger partial charge in [0.15, 0.2) is 0 Å². The van der Waals surface area contributed by atoms with Gasteiger partial charge in [-0.15, -0.1) is 11.8 Å². The average Bonchev–Trinajstić information content (AvgIpc) is 2.94. The second kappa shape index (κ2) is 7.69. The Morgan fingerprint density at radius 1 is 1.44 bits per heavy atom. The second-order valence-corrected chi connectivity index (χ2v) is 7.81. The van der Waals surface area contributed by atoms with Gasteiger partial charge in [0.2, 0.25) is 5.91 Å². The predicted octanol–water partition coefficient (Wildman–Crippen LogP) is 2.21. The molecular formula is C18H20N2O6S. The highest BCUT2D eigenvalue weighted by Crippen LogP contribution is 2.47. The Morgan fingerprint density at radius 2 is 2.11 bits per heavy atom. The molecule has 1 saturated heterocycles. The maximum atomic E-state index is 12.6. The number of non-ortho nitro benzene ring substituents is 1. The van der Waals surface area contributed by atoms with E-state index in [2.05, 4.69) is 0 Å². The summed E-state index contributed by atoms with van der Waals surface area (Å²) >= 11 is 1.49. The van der Waals surface area contributed by atoms with Crippen LogP contribution in [-0.4, -0.2) is 44.7 Å². The van der Waals surface area contributed by atoms with Crippen molar-refractivity contribution in [3.8, 4) is 0 Å². The van der Waals surface area contributed by atoms with E-state index in [1.165, 1.54) is 40.9 Å².